The van der Waals surface area contributed by atoms with E-state index >= 15 is 0 Å². The summed E-state index contributed by atoms with van der Waals surface area (Å²) in [5.74, 6) is 1.78. The molecule has 0 spiro atoms. The highest BCUT2D eigenvalue weighted by Gasteiger charge is 2.05. The lowest BCUT2D eigenvalue weighted by Gasteiger charge is -2.05. The Morgan fingerprint density at radius 1 is 1.22 bits per heavy atom. The number of aliphatic hydroxyl groups excluding tert-OH is 1. The highest BCUT2D eigenvalue weighted by atomic mass is 32.2. The number of rotatable bonds is 4. The van der Waals surface area contributed by atoms with Crippen molar-refractivity contribution >= 4 is 11.8 Å². The molecule has 2 aromatic rings. The maximum atomic E-state index is 9.09. The minimum Gasteiger partial charge on any atom is -0.392 e. The van der Waals surface area contributed by atoms with Crippen molar-refractivity contribution in [3.05, 3.63) is 41.7 Å². The second-order valence-electron chi connectivity index (χ2n) is 3.92. The summed E-state index contributed by atoms with van der Waals surface area (Å²) in [5.41, 5.74) is 2.61. The molecule has 18 heavy (non-hydrogen) atoms. The van der Waals surface area contributed by atoms with Crippen LogP contribution in [0, 0.1) is 6.92 Å². The summed E-state index contributed by atoms with van der Waals surface area (Å²) in [4.78, 5) is 9.94. The van der Waals surface area contributed by atoms with Crippen LogP contribution >= 0.6 is 11.8 Å². The normalized spacial score (nSPS) is 10.6. The second kappa shape index (κ2) is 5.98. The van der Waals surface area contributed by atoms with Crippen LogP contribution in [0.25, 0.3) is 11.4 Å². The first-order valence-corrected chi connectivity index (χ1v) is 6.89. The zero-order valence-corrected chi connectivity index (χ0v) is 11.4. The zero-order valence-electron chi connectivity index (χ0n) is 10.6. The molecule has 1 heterocycles. The topological polar surface area (TPSA) is 46.0 Å². The molecule has 0 radical (unpaired) electrons. The first-order chi connectivity index (χ1) is 8.74. The molecule has 1 N–H and O–H groups in total. The van der Waals surface area contributed by atoms with Gasteiger partial charge in [-0.15, -0.1) is 11.8 Å². The van der Waals surface area contributed by atoms with E-state index in [9.17, 15) is 0 Å². The van der Waals surface area contributed by atoms with Gasteiger partial charge in [-0.2, -0.15) is 0 Å². The quantitative estimate of drug-likeness (QED) is 0.858. The molecule has 0 saturated carbocycles. The van der Waals surface area contributed by atoms with E-state index in [-0.39, 0.29) is 6.61 Å². The smallest absolute Gasteiger partial charge is 0.159 e. The van der Waals surface area contributed by atoms with Crippen molar-refractivity contribution in [2.24, 2.45) is 0 Å². The van der Waals surface area contributed by atoms with Crippen LogP contribution in [0.15, 0.2) is 35.4 Å². The van der Waals surface area contributed by atoms with Crippen LogP contribution in [0.5, 0.6) is 0 Å². The Hall–Kier alpha value is -1.39. The molecule has 0 amide bonds. The molecule has 0 unspecified atom stereocenters. The van der Waals surface area contributed by atoms with Crippen molar-refractivity contribution < 1.29 is 5.11 Å². The van der Waals surface area contributed by atoms with E-state index in [1.165, 1.54) is 4.90 Å². The fraction of sp³-hybridized carbons (Fsp3) is 0.286. The summed E-state index contributed by atoms with van der Waals surface area (Å²) in [6.45, 7) is 4.01. The van der Waals surface area contributed by atoms with E-state index in [0.717, 1.165) is 22.6 Å². The largest absolute Gasteiger partial charge is 0.392 e. The predicted octanol–water partition coefficient (Wildman–Crippen LogP) is 3.06. The second-order valence-corrected chi connectivity index (χ2v) is 5.26. The van der Waals surface area contributed by atoms with Gasteiger partial charge in [-0.25, -0.2) is 9.97 Å². The van der Waals surface area contributed by atoms with E-state index in [4.69, 9.17) is 5.11 Å². The van der Waals surface area contributed by atoms with Crippen molar-refractivity contribution in [1.82, 2.24) is 9.97 Å². The molecule has 0 bridgehead atoms. The Morgan fingerprint density at radius 3 is 2.50 bits per heavy atom. The van der Waals surface area contributed by atoms with E-state index in [1.54, 1.807) is 6.20 Å². The van der Waals surface area contributed by atoms with Gasteiger partial charge in [0.05, 0.1) is 6.61 Å². The summed E-state index contributed by atoms with van der Waals surface area (Å²) in [5, 5.41) is 9.09. The van der Waals surface area contributed by atoms with Gasteiger partial charge in [-0.3, -0.25) is 0 Å². The third-order valence-corrected chi connectivity index (χ3v) is 3.57. The van der Waals surface area contributed by atoms with Gasteiger partial charge in [0.1, 0.15) is 0 Å². The standard InChI is InChI=1S/C14H16N2OS/c1-3-18-13-6-4-11(5-7-13)14-15-8-12(9-17)10(2)16-14/h4-8,17H,3,9H2,1-2H3. The molecule has 1 aromatic heterocycles. The van der Waals surface area contributed by atoms with Crippen LogP contribution in [-0.2, 0) is 6.61 Å². The Kier molecular flexibility index (Phi) is 4.33. The van der Waals surface area contributed by atoms with Gasteiger partial charge in [0.2, 0.25) is 0 Å². The molecule has 0 aliphatic rings. The van der Waals surface area contributed by atoms with Gasteiger partial charge in [0.15, 0.2) is 5.82 Å². The first kappa shape index (κ1) is 13.1. The molecule has 3 nitrogen and oxygen atoms in total. The summed E-state index contributed by atoms with van der Waals surface area (Å²) >= 11 is 1.81. The molecule has 1 aromatic carbocycles. The number of nitrogens with zero attached hydrogens (tertiary/aromatic N) is 2. The maximum Gasteiger partial charge on any atom is 0.159 e. The minimum absolute atomic E-state index is 0.0157. The number of hydrogen-bond acceptors (Lipinski definition) is 4. The first-order valence-electron chi connectivity index (χ1n) is 5.91. The SMILES string of the molecule is CCSc1ccc(-c2ncc(CO)c(C)n2)cc1. The van der Waals surface area contributed by atoms with Gasteiger partial charge in [-0.05, 0) is 24.8 Å². The number of thioether (sulfide) groups is 1. The van der Waals surface area contributed by atoms with Gasteiger partial charge < -0.3 is 5.11 Å². The Bertz CT molecular complexity index is 526. The van der Waals surface area contributed by atoms with Crippen LogP contribution in [0.3, 0.4) is 0 Å². The van der Waals surface area contributed by atoms with E-state index in [1.807, 2.05) is 30.8 Å². The molecule has 0 fully saturated rings. The lowest BCUT2D eigenvalue weighted by molar-refractivity contribution is 0.280. The third-order valence-electron chi connectivity index (χ3n) is 2.67. The molecule has 0 aliphatic carbocycles. The van der Waals surface area contributed by atoms with Crippen LogP contribution in [0.4, 0.5) is 0 Å². The molecular weight excluding hydrogens is 244 g/mol. The predicted molar refractivity (Wildman–Crippen MR) is 74.5 cm³/mol. The fourth-order valence-corrected chi connectivity index (χ4v) is 2.32. The molecular formula is C14H16N2OS. The highest BCUT2D eigenvalue weighted by molar-refractivity contribution is 7.99. The van der Waals surface area contributed by atoms with Gasteiger partial charge in [0, 0.05) is 27.9 Å². The zero-order chi connectivity index (χ0) is 13.0. The molecule has 2 rings (SSSR count). The van der Waals surface area contributed by atoms with Crippen molar-refractivity contribution in [3.8, 4) is 11.4 Å². The summed E-state index contributed by atoms with van der Waals surface area (Å²) in [7, 11) is 0. The number of aromatic nitrogens is 2. The van der Waals surface area contributed by atoms with Crippen molar-refractivity contribution in [3.63, 3.8) is 0 Å². The van der Waals surface area contributed by atoms with Gasteiger partial charge in [-0.1, -0.05) is 19.1 Å². The van der Waals surface area contributed by atoms with Gasteiger partial charge in [0.25, 0.3) is 0 Å². The minimum atomic E-state index is -0.0157. The Labute approximate surface area is 111 Å². The fourth-order valence-electron chi connectivity index (χ4n) is 1.65. The van der Waals surface area contributed by atoms with Crippen LogP contribution in [-0.4, -0.2) is 20.8 Å². The van der Waals surface area contributed by atoms with Crippen LogP contribution < -0.4 is 0 Å². The highest BCUT2D eigenvalue weighted by Crippen LogP contribution is 2.22. The number of benzene rings is 1. The van der Waals surface area contributed by atoms with Gasteiger partial charge >= 0.3 is 0 Å². The Morgan fingerprint density at radius 2 is 1.94 bits per heavy atom. The molecule has 0 atom stereocenters. The van der Waals surface area contributed by atoms with E-state index in [0.29, 0.717) is 5.82 Å². The molecule has 4 heteroatoms. The Balaban J connectivity index is 2.28. The molecule has 0 saturated heterocycles. The van der Waals surface area contributed by atoms with Crippen molar-refractivity contribution in [2.75, 3.05) is 5.75 Å². The van der Waals surface area contributed by atoms with Crippen LogP contribution in [0.2, 0.25) is 0 Å². The lowest BCUT2D eigenvalue weighted by atomic mass is 10.2. The number of aryl methyl sites for hydroxylation is 1. The summed E-state index contributed by atoms with van der Waals surface area (Å²) < 4.78 is 0. The summed E-state index contributed by atoms with van der Waals surface area (Å²) in [6.07, 6.45) is 1.69. The monoisotopic (exact) mass is 260 g/mol. The average molecular weight is 260 g/mol. The number of aliphatic hydroxyl groups is 1. The maximum absolute atomic E-state index is 9.09. The van der Waals surface area contributed by atoms with E-state index in [2.05, 4.69) is 29.0 Å². The lowest BCUT2D eigenvalue weighted by Crippen LogP contribution is -1.97. The third kappa shape index (κ3) is 2.89. The molecule has 0 aliphatic heterocycles. The van der Waals surface area contributed by atoms with Crippen molar-refractivity contribution in [1.29, 1.82) is 0 Å². The number of hydrogen-bond donors (Lipinski definition) is 1. The average Bonchev–Trinajstić information content (AvgIpc) is 2.40. The van der Waals surface area contributed by atoms with Crippen LogP contribution in [0.1, 0.15) is 18.2 Å². The van der Waals surface area contributed by atoms with Crippen molar-refractivity contribution in [2.45, 2.75) is 25.3 Å². The summed E-state index contributed by atoms with van der Waals surface area (Å²) in [6, 6.07) is 8.24. The van der Waals surface area contributed by atoms with E-state index < -0.39 is 0 Å². The molecule has 94 valence electrons.